The first-order valence-electron chi connectivity index (χ1n) is 5.17. The van der Waals surface area contributed by atoms with Gasteiger partial charge in [-0.15, -0.1) is 0 Å². The molecule has 1 rings (SSSR count). The number of nitrogens with one attached hydrogen (secondary N) is 2. The number of hydrogen-bond donors (Lipinski definition) is 2. The van der Waals surface area contributed by atoms with E-state index in [9.17, 15) is 4.79 Å². The summed E-state index contributed by atoms with van der Waals surface area (Å²) in [5, 5.41) is 3.27. The molecule has 4 heteroatoms. The van der Waals surface area contributed by atoms with E-state index in [-0.39, 0.29) is 11.5 Å². The molecule has 1 aliphatic rings. The summed E-state index contributed by atoms with van der Waals surface area (Å²) in [4.78, 5) is 16.4. The zero-order chi connectivity index (χ0) is 10.6. The van der Waals surface area contributed by atoms with Crippen LogP contribution in [0.1, 0.15) is 40.0 Å². The van der Waals surface area contributed by atoms with Crippen molar-refractivity contribution in [2.45, 2.75) is 51.7 Å². The third kappa shape index (κ3) is 5.94. The van der Waals surface area contributed by atoms with Gasteiger partial charge in [-0.3, -0.25) is 9.63 Å². The molecule has 82 valence electrons. The highest BCUT2D eigenvalue weighted by Gasteiger charge is 2.20. The second-order valence-electron chi connectivity index (χ2n) is 4.72. The Labute approximate surface area is 85.3 Å². The minimum atomic E-state index is -0.320. The van der Waals surface area contributed by atoms with Crippen LogP contribution in [0.15, 0.2) is 0 Å². The Morgan fingerprint density at radius 3 is 2.57 bits per heavy atom. The van der Waals surface area contributed by atoms with Crippen LogP contribution in [0, 0.1) is 0 Å². The van der Waals surface area contributed by atoms with Crippen molar-refractivity contribution in [3.8, 4) is 0 Å². The van der Waals surface area contributed by atoms with Crippen molar-refractivity contribution in [3.63, 3.8) is 0 Å². The molecule has 0 aromatic heterocycles. The average molecular weight is 200 g/mol. The van der Waals surface area contributed by atoms with Gasteiger partial charge in [0.2, 0.25) is 5.91 Å². The molecule has 0 aromatic carbocycles. The molecule has 1 fully saturated rings. The summed E-state index contributed by atoms with van der Waals surface area (Å²) in [6.45, 7) is 6.44. The molecule has 0 radical (unpaired) electrons. The van der Waals surface area contributed by atoms with Gasteiger partial charge in [0.05, 0.1) is 5.60 Å². The van der Waals surface area contributed by atoms with Crippen LogP contribution in [-0.4, -0.2) is 24.1 Å². The van der Waals surface area contributed by atoms with Crippen LogP contribution in [0.25, 0.3) is 0 Å². The summed E-state index contributed by atoms with van der Waals surface area (Å²) >= 11 is 0. The van der Waals surface area contributed by atoms with E-state index in [1.54, 1.807) is 0 Å². The number of hydroxylamine groups is 1. The first-order chi connectivity index (χ1) is 6.47. The lowest BCUT2D eigenvalue weighted by Gasteiger charge is -2.18. The van der Waals surface area contributed by atoms with Crippen LogP contribution in [0.4, 0.5) is 0 Å². The van der Waals surface area contributed by atoms with Crippen molar-refractivity contribution in [1.29, 1.82) is 0 Å². The molecule has 0 bridgehead atoms. The van der Waals surface area contributed by atoms with Crippen molar-refractivity contribution in [2.75, 3.05) is 6.54 Å². The average Bonchev–Trinajstić information content (AvgIpc) is 2.83. The zero-order valence-corrected chi connectivity index (χ0v) is 9.22. The molecule has 0 aliphatic heterocycles. The third-order valence-electron chi connectivity index (χ3n) is 1.83. The fourth-order valence-corrected chi connectivity index (χ4v) is 0.938. The quantitative estimate of drug-likeness (QED) is 0.650. The smallest absolute Gasteiger partial charge is 0.244 e. The van der Waals surface area contributed by atoms with E-state index in [1.165, 1.54) is 12.8 Å². The second-order valence-corrected chi connectivity index (χ2v) is 4.72. The van der Waals surface area contributed by atoms with Crippen molar-refractivity contribution >= 4 is 5.91 Å². The largest absolute Gasteiger partial charge is 0.313 e. The van der Waals surface area contributed by atoms with Crippen LogP contribution in [0.5, 0.6) is 0 Å². The fourth-order valence-electron chi connectivity index (χ4n) is 0.938. The molecule has 4 nitrogen and oxygen atoms in total. The van der Waals surface area contributed by atoms with Crippen molar-refractivity contribution in [1.82, 2.24) is 10.8 Å². The lowest BCUT2D eigenvalue weighted by atomic mass is 10.2. The predicted molar refractivity (Wildman–Crippen MR) is 54.6 cm³/mol. The minimum Gasteiger partial charge on any atom is -0.313 e. The summed E-state index contributed by atoms with van der Waals surface area (Å²) in [6.07, 6.45) is 2.98. The highest BCUT2D eigenvalue weighted by atomic mass is 16.7. The van der Waals surface area contributed by atoms with Crippen LogP contribution in [-0.2, 0) is 9.63 Å². The van der Waals surface area contributed by atoms with Gasteiger partial charge in [0.25, 0.3) is 0 Å². The monoisotopic (exact) mass is 200 g/mol. The molecule has 0 saturated heterocycles. The summed E-state index contributed by atoms with van der Waals surface area (Å²) < 4.78 is 0. The summed E-state index contributed by atoms with van der Waals surface area (Å²) in [7, 11) is 0. The highest BCUT2D eigenvalue weighted by molar-refractivity contribution is 5.74. The van der Waals surface area contributed by atoms with E-state index < -0.39 is 0 Å². The van der Waals surface area contributed by atoms with Gasteiger partial charge < -0.3 is 5.32 Å². The Balaban J connectivity index is 1.97. The van der Waals surface area contributed by atoms with Crippen LogP contribution in [0.3, 0.4) is 0 Å². The van der Waals surface area contributed by atoms with Gasteiger partial charge in [-0.2, -0.15) is 0 Å². The van der Waals surface area contributed by atoms with Gasteiger partial charge in [-0.25, -0.2) is 5.48 Å². The number of carbonyl (C=O) groups is 1. The van der Waals surface area contributed by atoms with Crippen molar-refractivity contribution in [3.05, 3.63) is 0 Å². The normalized spacial score (nSPS) is 16.8. The maximum Gasteiger partial charge on any atom is 0.244 e. The topological polar surface area (TPSA) is 50.4 Å². The summed E-state index contributed by atoms with van der Waals surface area (Å²) in [5.74, 6) is -0.0620. The molecule has 0 unspecified atom stereocenters. The van der Waals surface area contributed by atoms with Crippen LogP contribution < -0.4 is 10.8 Å². The van der Waals surface area contributed by atoms with E-state index in [0.29, 0.717) is 12.5 Å². The van der Waals surface area contributed by atoms with Gasteiger partial charge in [-0.05, 0) is 33.6 Å². The Kier molecular flexibility index (Phi) is 3.89. The first-order valence-corrected chi connectivity index (χ1v) is 5.17. The molecule has 1 aliphatic carbocycles. The van der Waals surface area contributed by atoms with E-state index >= 15 is 0 Å². The predicted octanol–water partition coefficient (Wildman–Crippen LogP) is 0.975. The summed E-state index contributed by atoms with van der Waals surface area (Å²) in [6, 6.07) is 0.659. The molecule has 0 atom stereocenters. The van der Waals surface area contributed by atoms with Gasteiger partial charge in [0, 0.05) is 19.0 Å². The van der Waals surface area contributed by atoms with Crippen molar-refractivity contribution in [2.24, 2.45) is 0 Å². The summed E-state index contributed by atoms with van der Waals surface area (Å²) in [5.41, 5.74) is 2.12. The van der Waals surface area contributed by atoms with E-state index in [0.717, 1.165) is 6.54 Å². The molecule has 1 saturated carbocycles. The first kappa shape index (κ1) is 11.5. The van der Waals surface area contributed by atoms with E-state index in [4.69, 9.17) is 4.84 Å². The van der Waals surface area contributed by atoms with Gasteiger partial charge in [-0.1, -0.05) is 0 Å². The molecule has 1 amide bonds. The number of carbonyl (C=O) groups excluding carboxylic acids is 1. The number of amides is 1. The van der Waals surface area contributed by atoms with Gasteiger partial charge in [0.1, 0.15) is 0 Å². The Bertz CT molecular complexity index is 195. The lowest BCUT2D eigenvalue weighted by molar-refractivity contribution is -0.145. The maximum absolute atomic E-state index is 11.2. The van der Waals surface area contributed by atoms with Crippen molar-refractivity contribution < 1.29 is 9.63 Å². The number of hydrogen-bond acceptors (Lipinski definition) is 3. The van der Waals surface area contributed by atoms with Gasteiger partial charge >= 0.3 is 0 Å². The van der Waals surface area contributed by atoms with Crippen LogP contribution in [0.2, 0.25) is 0 Å². The standard InChI is InChI=1S/C10H20N2O2/c1-10(2,3)14-12-9(13)6-7-11-8-4-5-8/h8,11H,4-7H2,1-3H3,(H,12,13). The third-order valence-corrected chi connectivity index (χ3v) is 1.83. The lowest BCUT2D eigenvalue weighted by Crippen LogP contribution is -2.35. The Hall–Kier alpha value is -0.610. The minimum absolute atomic E-state index is 0.0620. The maximum atomic E-state index is 11.2. The highest BCUT2D eigenvalue weighted by Crippen LogP contribution is 2.18. The van der Waals surface area contributed by atoms with E-state index in [2.05, 4.69) is 10.8 Å². The molecular formula is C10H20N2O2. The van der Waals surface area contributed by atoms with E-state index in [1.807, 2.05) is 20.8 Å². The number of rotatable bonds is 5. The SMILES string of the molecule is CC(C)(C)ONC(=O)CCNC1CC1. The molecule has 14 heavy (non-hydrogen) atoms. The molecule has 2 N–H and O–H groups in total. The Morgan fingerprint density at radius 1 is 1.43 bits per heavy atom. The molecule has 0 aromatic rings. The van der Waals surface area contributed by atoms with Gasteiger partial charge in [0.15, 0.2) is 0 Å². The van der Waals surface area contributed by atoms with Crippen LogP contribution >= 0.6 is 0 Å². The molecule has 0 heterocycles. The molecule has 0 spiro atoms. The second kappa shape index (κ2) is 4.75. The zero-order valence-electron chi connectivity index (χ0n) is 9.22. The molecular weight excluding hydrogens is 180 g/mol. The Morgan fingerprint density at radius 2 is 2.07 bits per heavy atom. The fraction of sp³-hybridized carbons (Fsp3) is 0.900.